The molecule has 1 aliphatic heterocycles. The number of aliphatic hydroxyl groups excluding tert-OH is 1. The van der Waals surface area contributed by atoms with Gasteiger partial charge < -0.3 is 24.2 Å². The summed E-state index contributed by atoms with van der Waals surface area (Å²) in [5.74, 6) is -1.18. The van der Waals surface area contributed by atoms with E-state index < -0.39 is 17.7 Å². The number of hydrogen-bond acceptors (Lipinski definition) is 6. The van der Waals surface area contributed by atoms with Gasteiger partial charge in [0.15, 0.2) is 0 Å². The Kier molecular flexibility index (Phi) is 7.66. The Bertz CT molecular complexity index is 1090. The zero-order valence-electron chi connectivity index (χ0n) is 19.3. The smallest absolute Gasteiger partial charge is 0.295 e. The van der Waals surface area contributed by atoms with Crippen molar-refractivity contribution in [1.82, 2.24) is 4.90 Å². The molecule has 0 bridgehead atoms. The molecule has 1 fully saturated rings. The van der Waals surface area contributed by atoms with Crippen LogP contribution >= 0.6 is 11.6 Å². The maximum absolute atomic E-state index is 13.2. The number of benzene rings is 2. The average Bonchev–Trinajstić information content (AvgIpc) is 3.02. The molecular weight excluding hydrogens is 446 g/mol. The fourth-order valence-corrected chi connectivity index (χ4v) is 4.32. The van der Waals surface area contributed by atoms with Crippen LogP contribution in [0.15, 0.2) is 42.0 Å². The van der Waals surface area contributed by atoms with Gasteiger partial charge in [0.2, 0.25) is 0 Å². The number of rotatable bonds is 8. The van der Waals surface area contributed by atoms with Gasteiger partial charge in [0.1, 0.15) is 17.3 Å². The van der Waals surface area contributed by atoms with Crippen LogP contribution < -0.4 is 9.47 Å². The maximum atomic E-state index is 13.2. The van der Waals surface area contributed by atoms with E-state index >= 15 is 0 Å². The summed E-state index contributed by atoms with van der Waals surface area (Å²) in [5, 5.41) is 11.6. The first-order valence-electron chi connectivity index (χ1n) is 10.6. The summed E-state index contributed by atoms with van der Waals surface area (Å²) < 4.78 is 16.5. The molecule has 8 heteroatoms. The number of ether oxygens (including phenoxy) is 3. The summed E-state index contributed by atoms with van der Waals surface area (Å²) in [4.78, 5) is 27.7. The van der Waals surface area contributed by atoms with E-state index in [1.165, 1.54) is 19.1 Å². The lowest BCUT2D eigenvalue weighted by Crippen LogP contribution is -2.33. The summed E-state index contributed by atoms with van der Waals surface area (Å²) in [6.45, 7) is 5.98. The normalized spacial score (nSPS) is 17.7. The minimum absolute atomic E-state index is 0.0368. The summed E-state index contributed by atoms with van der Waals surface area (Å²) in [5.41, 5.74) is 1.51. The van der Waals surface area contributed by atoms with Crippen molar-refractivity contribution in [2.75, 3.05) is 27.4 Å². The number of nitrogens with zero attached hydrogens (tertiary/aromatic N) is 1. The molecule has 1 saturated heterocycles. The van der Waals surface area contributed by atoms with Crippen LogP contribution in [0.4, 0.5) is 0 Å². The Balaban J connectivity index is 2.24. The van der Waals surface area contributed by atoms with Crippen LogP contribution in [0.1, 0.15) is 36.6 Å². The maximum Gasteiger partial charge on any atom is 0.295 e. The molecule has 1 heterocycles. The lowest BCUT2D eigenvalue weighted by atomic mass is 9.94. The van der Waals surface area contributed by atoms with Crippen molar-refractivity contribution in [3.05, 3.63) is 63.7 Å². The second-order valence-corrected chi connectivity index (χ2v) is 8.39. The highest BCUT2D eigenvalue weighted by molar-refractivity contribution is 6.46. The number of ketones is 1. The average molecular weight is 474 g/mol. The molecule has 0 radical (unpaired) electrons. The minimum Gasteiger partial charge on any atom is -0.507 e. The van der Waals surface area contributed by atoms with E-state index in [1.54, 1.807) is 36.4 Å². The van der Waals surface area contributed by atoms with Crippen LogP contribution in [0, 0.1) is 6.92 Å². The molecule has 3 rings (SSSR count). The third kappa shape index (κ3) is 4.84. The van der Waals surface area contributed by atoms with Crippen molar-refractivity contribution in [2.45, 2.75) is 32.9 Å². The summed E-state index contributed by atoms with van der Waals surface area (Å²) in [7, 11) is 2.93. The van der Waals surface area contributed by atoms with Crippen molar-refractivity contribution in [2.24, 2.45) is 0 Å². The first-order valence-corrected chi connectivity index (χ1v) is 11.0. The van der Waals surface area contributed by atoms with Crippen LogP contribution in [0.3, 0.4) is 0 Å². The molecule has 1 aliphatic rings. The van der Waals surface area contributed by atoms with E-state index in [2.05, 4.69) is 0 Å². The van der Waals surface area contributed by atoms with Gasteiger partial charge in [0.05, 0.1) is 49.1 Å². The molecule has 1 atom stereocenters. The largest absolute Gasteiger partial charge is 0.507 e. The lowest BCUT2D eigenvalue weighted by molar-refractivity contribution is -0.140. The lowest BCUT2D eigenvalue weighted by Gasteiger charge is -2.27. The number of para-hydroxylation sites is 1. The number of Topliss-reactive ketones (excluding diaryl/α,β-unsaturated/α-hetero) is 1. The number of hydrogen-bond donors (Lipinski definition) is 1. The topological polar surface area (TPSA) is 85.3 Å². The highest BCUT2D eigenvalue weighted by Crippen LogP contribution is 2.44. The van der Waals surface area contributed by atoms with Gasteiger partial charge in [0.25, 0.3) is 11.7 Å². The van der Waals surface area contributed by atoms with E-state index in [0.29, 0.717) is 11.3 Å². The molecule has 0 spiro atoms. The van der Waals surface area contributed by atoms with Gasteiger partial charge in [-0.05, 0) is 44.5 Å². The Morgan fingerprint density at radius 3 is 2.48 bits per heavy atom. The number of carbonyl (C=O) groups is 2. The van der Waals surface area contributed by atoms with Gasteiger partial charge in [-0.25, -0.2) is 0 Å². The highest BCUT2D eigenvalue weighted by Gasteiger charge is 2.47. The molecule has 1 amide bonds. The zero-order valence-corrected chi connectivity index (χ0v) is 20.1. The standard InChI is InChI=1S/C25H28ClNO6/c1-14(2)33-11-10-27-21(16-8-6-7-9-19(16)31-4)20(23(29)25(27)30)22(28)17-12-15(3)13-18(26)24(17)32-5/h6-9,12-14,21,28H,10-11H2,1-5H3/b22-20+. The SMILES string of the molecule is COc1ccccc1C1/C(=C(\O)c2cc(C)cc(Cl)c2OC)C(=O)C(=O)N1CCOC(C)C. The Hall–Kier alpha value is -3.03. The zero-order chi connectivity index (χ0) is 24.3. The van der Waals surface area contributed by atoms with Gasteiger partial charge in [-0.15, -0.1) is 0 Å². The molecule has 2 aromatic rings. The Morgan fingerprint density at radius 1 is 1.15 bits per heavy atom. The molecule has 7 nitrogen and oxygen atoms in total. The van der Waals surface area contributed by atoms with E-state index in [0.717, 1.165) is 5.56 Å². The predicted molar refractivity (Wildman–Crippen MR) is 126 cm³/mol. The van der Waals surface area contributed by atoms with E-state index in [4.69, 9.17) is 25.8 Å². The van der Waals surface area contributed by atoms with Gasteiger partial charge in [-0.3, -0.25) is 9.59 Å². The number of halogens is 1. The molecular formula is C25H28ClNO6. The number of aliphatic hydroxyl groups is 1. The first-order chi connectivity index (χ1) is 15.7. The third-order valence-corrected chi connectivity index (χ3v) is 5.68. The Labute approximate surface area is 198 Å². The van der Waals surface area contributed by atoms with E-state index in [1.807, 2.05) is 20.8 Å². The van der Waals surface area contributed by atoms with Crippen molar-refractivity contribution in [1.29, 1.82) is 0 Å². The van der Waals surface area contributed by atoms with Crippen LogP contribution in [0.2, 0.25) is 5.02 Å². The summed E-state index contributed by atoms with van der Waals surface area (Å²) in [6.07, 6.45) is -0.0368. The van der Waals surface area contributed by atoms with Crippen LogP contribution in [0.25, 0.3) is 5.76 Å². The second kappa shape index (κ2) is 10.3. The molecule has 176 valence electrons. The molecule has 0 aromatic heterocycles. The third-order valence-electron chi connectivity index (χ3n) is 5.40. The minimum atomic E-state index is -0.874. The van der Waals surface area contributed by atoms with Crippen LogP contribution in [0.5, 0.6) is 11.5 Å². The molecule has 0 saturated carbocycles. The Morgan fingerprint density at radius 2 is 1.85 bits per heavy atom. The molecule has 1 unspecified atom stereocenters. The van der Waals surface area contributed by atoms with Crippen molar-refractivity contribution in [3.8, 4) is 11.5 Å². The van der Waals surface area contributed by atoms with Crippen molar-refractivity contribution < 1.29 is 28.9 Å². The van der Waals surface area contributed by atoms with Gasteiger partial charge >= 0.3 is 0 Å². The van der Waals surface area contributed by atoms with Crippen molar-refractivity contribution >= 4 is 29.1 Å². The fourth-order valence-electron chi connectivity index (χ4n) is 3.97. The second-order valence-electron chi connectivity index (χ2n) is 7.98. The first kappa shape index (κ1) is 24.6. The van der Waals surface area contributed by atoms with Gasteiger partial charge in [0, 0.05) is 12.1 Å². The molecule has 2 aromatic carbocycles. The van der Waals surface area contributed by atoms with Crippen molar-refractivity contribution in [3.63, 3.8) is 0 Å². The number of likely N-dealkylation sites (tertiary alicyclic amines) is 1. The quantitative estimate of drug-likeness (QED) is 0.345. The van der Waals surface area contributed by atoms with Gasteiger partial charge in [-0.2, -0.15) is 0 Å². The number of methoxy groups -OCH3 is 2. The van der Waals surface area contributed by atoms with Gasteiger partial charge in [-0.1, -0.05) is 29.8 Å². The number of aryl methyl sites for hydroxylation is 1. The highest BCUT2D eigenvalue weighted by atomic mass is 35.5. The number of amides is 1. The molecule has 1 N–H and O–H groups in total. The number of carbonyl (C=O) groups excluding carboxylic acids is 2. The van der Waals surface area contributed by atoms with E-state index in [-0.39, 0.29) is 46.9 Å². The van der Waals surface area contributed by atoms with Crippen LogP contribution in [-0.4, -0.2) is 55.2 Å². The monoisotopic (exact) mass is 473 g/mol. The fraction of sp³-hybridized carbons (Fsp3) is 0.360. The van der Waals surface area contributed by atoms with Crippen LogP contribution in [-0.2, 0) is 14.3 Å². The molecule has 0 aliphatic carbocycles. The predicted octanol–water partition coefficient (Wildman–Crippen LogP) is 4.51. The summed E-state index contributed by atoms with van der Waals surface area (Å²) >= 11 is 6.32. The van der Waals surface area contributed by atoms with E-state index in [9.17, 15) is 14.7 Å². The molecule has 33 heavy (non-hydrogen) atoms. The summed E-state index contributed by atoms with van der Waals surface area (Å²) in [6, 6.07) is 9.56.